The van der Waals surface area contributed by atoms with E-state index < -0.39 is 0 Å². The van der Waals surface area contributed by atoms with Gasteiger partial charge in [0, 0.05) is 16.6 Å². The number of nitro groups is 1. The maximum Gasteiger partial charge on any atom is 0.269 e. The fourth-order valence-corrected chi connectivity index (χ4v) is 3.08. The first-order valence-electron chi connectivity index (χ1n) is 8.30. The summed E-state index contributed by atoms with van der Waals surface area (Å²) in [6.07, 6.45) is 1.62. The highest BCUT2D eigenvalue weighted by atomic mass is 79.9. The van der Waals surface area contributed by atoms with E-state index in [1.54, 1.807) is 12.1 Å². The second-order valence-corrected chi connectivity index (χ2v) is 6.81. The van der Waals surface area contributed by atoms with Crippen LogP contribution in [0.4, 0.5) is 5.69 Å². The molecular formula is C21H18BrNO3. The first-order chi connectivity index (χ1) is 12.6. The Morgan fingerprint density at radius 3 is 2.31 bits per heavy atom. The van der Waals surface area contributed by atoms with Crippen LogP contribution < -0.4 is 4.74 Å². The van der Waals surface area contributed by atoms with Crippen LogP contribution in [-0.2, 0) is 19.4 Å². The Morgan fingerprint density at radius 1 is 0.885 bits per heavy atom. The Labute approximate surface area is 160 Å². The van der Waals surface area contributed by atoms with Gasteiger partial charge in [-0.05, 0) is 47.7 Å². The smallest absolute Gasteiger partial charge is 0.269 e. The van der Waals surface area contributed by atoms with Gasteiger partial charge < -0.3 is 4.74 Å². The summed E-state index contributed by atoms with van der Waals surface area (Å²) in [6.45, 7) is 0.532. The number of halogens is 1. The predicted octanol–water partition coefficient (Wildman–Crippen LogP) is 5.72. The normalized spacial score (nSPS) is 10.5. The Bertz CT molecular complexity index is 880. The number of nitrogens with zero attached hydrogens (tertiary/aromatic N) is 1. The molecule has 0 unspecified atom stereocenters. The standard InChI is InChI=1S/C21H18BrNO3/c22-21-13-12-20(26-15-17-4-2-1-3-5-17)14-18(21)9-6-16-7-10-19(11-8-16)23(24)25/h1-5,7-8,10-14H,6,9,15H2. The first kappa shape index (κ1) is 18.1. The van der Waals surface area contributed by atoms with Crippen molar-refractivity contribution in [1.82, 2.24) is 0 Å². The van der Waals surface area contributed by atoms with Gasteiger partial charge in [0.2, 0.25) is 0 Å². The lowest BCUT2D eigenvalue weighted by molar-refractivity contribution is -0.384. The summed E-state index contributed by atoms with van der Waals surface area (Å²) in [5.74, 6) is 0.829. The average Bonchev–Trinajstić information content (AvgIpc) is 2.67. The van der Waals surface area contributed by atoms with Gasteiger partial charge in [-0.25, -0.2) is 0 Å². The van der Waals surface area contributed by atoms with Crippen LogP contribution in [0, 0.1) is 10.1 Å². The third kappa shape index (κ3) is 4.92. The second-order valence-electron chi connectivity index (χ2n) is 5.95. The molecule has 0 radical (unpaired) electrons. The zero-order chi connectivity index (χ0) is 18.4. The van der Waals surface area contributed by atoms with Crippen molar-refractivity contribution < 1.29 is 9.66 Å². The van der Waals surface area contributed by atoms with Crippen LogP contribution in [0.15, 0.2) is 77.3 Å². The van der Waals surface area contributed by atoms with Crippen LogP contribution in [-0.4, -0.2) is 4.92 Å². The molecule has 0 spiro atoms. The molecule has 3 aromatic carbocycles. The van der Waals surface area contributed by atoms with Crippen molar-refractivity contribution in [3.05, 3.63) is 104 Å². The molecule has 0 aliphatic rings. The molecule has 26 heavy (non-hydrogen) atoms. The molecule has 3 aromatic rings. The molecule has 3 rings (SSSR count). The van der Waals surface area contributed by atoms with Crippen LogP contribution >= 0.6 is 15.9 Å². The van der Waals surface area contributed by atoms with E-state index in [1.807, 2.05) is 60.7 Å². The van der Waals surface area contributed by atoms with E-state index in [4.69, 9.17) is 4.74 Å². The summed E-state index contributed by atoms with van der Waals surface area (Å²) in [6, 6.07) is 22.7. The quantitative estimate of drug-likeness (QED) is 0.368. The van der Waals surface area contributed by atoms with Gasteiger partial charge in [-0.2, -0.15) is 0 Å². The number of hydrogen-bond acceptors (Lipinski definition) is 3. The van der Waals surface area contributed by atoms with Crippen LogP contribution in [0.3, 0.4) is 0 Å². The summed E-state index contributed by atoms with van der Waals surface area (Å²) in [4.78, 5) is 10.3. The minimum absolute atomic E-state index is 0.117. The predicted molar refractivity (Wildman–Crippen MR) is 105 cm³/mol. The Balaban J connectivity index is 1.63. The van der Waals surface area contributed by atoms with Gasteiger partial charge in [-0.3, -0.25) is 10.1 Å². The molecule has 0 aliphatic heterocycles. The van der Waals surface area contributed by atoms with Crippen molar-refractivity contribution in [3.8, 4) is 5.75 Å². The number of rotatable bonds is 7. The lowest BCUT2D eigenvalue weighted by Crippen LogP contribution is -1.98. The van der Waals surface area contributed by atoms with Gasteiger partial charge in [0.05, 0.1) is 4.92 Å². The fourth-order valence-electron chi connectivity index (χ4n) is 2.64. The van der Waals surface area contributed by atoms with Crippen molar-refractivity contribution >= 4 is 21.6 Å². The highest BCUT2D eigenvalue weighted by molar-refractivity contribution is 9.10. The number of hydrogen-bond donors (Lipinski definition) is 0. The molecule has 0 bridgehead atoms. The maximum absolute atomic E-state index is 10.7. The van der Waals surface area contributed by atoms with Crippen LogP contribution in [0.5, 0.6) is 5.75 Å². The van der Waals surface area contributed by atoms with Gasteiger partial charge in [0.15, 0.2) is 0 Å². The van der Waals surface area contributed by atoms with Gasteiger partial charge in [-0.15, -0.1) is 0 Å². The molecule has 0 aromatic heterocycles. The zero-order valence-electron chi connectivity index (χ0n) is 14.1. The minimum Gasteiger partial charge on any atom is -0.489 e. The Kier molecular flexibility index (Phi) is 6.02. The third-order valence-electron chi connectivity index (χ3n) is 4.10. The first-order valence-corrected chi connectivity index (χ1v) is 9.09. The monoisotopic (exact) mass is 411 g/mol. The van der Waals surface area contributed by atoms with Crippen LogP contribution in [0.25, 0.3) is 0 Å². The lowest BCUT2D eigenvalue weighted by Gasteiger charge is -2.10. The van der Waals surface area contributed by atoms with E-state index in [9.17, 15) is 10.1 Å². The van der Waals surface area contributed by atoms with Crippen LogP contribution in [0.1, 0.15) is 16.7 Å². The van der Waals surface area contributed by atoms with Gasteiger partial charge in [0.1, 0.15) is 12.4 Å². The van der Waals surface area contributed by atoms with Gasteiger partial charge >= 0.3 is 0 Å². The molecule has 0 saturated carbocycles. The maximum atomic E-state index is 10.7. The van der Waals surface area contributed by atoms with Crippen LogP contribution in [0.2, 0.25) is 0 Å². The van der Waals surface area contributed by atoms with E-state index in [0.29, 0.717) is 6.61 Å². The molecular weight excluding hydrogens is 394 g/mol. The van der Waals surface area contributed by atoms with Crippen molar-refractivity contribution in [1.29, 1.82) is 0 Å². The molecule has 0 N–H and O–H groups in total. The van der Waals surface area contributed by atoms with E-state index in [0.717, 1.165) is 39.8 Å². The van der Waals surface area contributed by atoms with Crippen molar-refractivity contribution in [2.45, 2.75) is 19.4 Å². The lowest BCUT2D eigenvalue weighted by atomic mass is 10.0. The Hall–Kier alpha value is -2.66. The third-order valence-corrected chi connectivity index (χ3v) is 4.87. The largest absolute Gasteiger partial charge is 0.489 e. The number of ether oxygens (including phenoxy) is 1. The number of aryl methyl sites for hydroxylation is 2. The summed E-state index contributed by atoms with van der Waals surface area (Å²) in [5.41, 5.74) is 3.46. The van der Waals surface area contributed by atoms with E-state index >= 15 is 0 Å². The minimum atomic E-state index is -0.381. The van der Waals surface area contributed by atoms with Crippen molar-refractivity contribution in [3.63, 3.8) is 0 Å². The topological polar surface area (TPSA) is 52.4 Å². The number of non-ortho nitro benzene ring substituents is 1. The van der Waals surface area contributed by atoms with Crippen molar-refractivity contribution in [2.75, 3.05) is 0 Å². The highest BCUT2D eigenvalue weighted by Gasteiger charge is 2.07. The molecule has 132 valence electrons. The van der Waals surface area contributed by atoms with Crippen molar-refractivity contribution in [2.24, 2.45) is 0 Å². The number of nitro benzene ring substituents is 1. The molecule has 4 nitrogen and oxygen atoms in total. The molecule has 0 atom stereocenters. The summed E-state index contributed by atoms with van der Waals surface area (Å²) in [7, 11) is 0. The molecule has 0 amide bonds. The van der Waals surface area contributed by atoms with E-state index in [1.165, 1.54) is 0 Å². The van der Waals surface area contributed by atoms with E-state index in [-0.39, 0.29) is 10.6 Å². The second kappa shape index (κ2) is 8.63. The van der Waals surface area contributed by atoms with Gasteiger partial charge in [0.25, 0.3) is 5.69 Å². The molecule has 0 fully saturated rings. The molecule has 0 aliphatic carbocycles. The highest BCUT2D eigenvalue weighted by Crippen LogP contribution is 2.25. The summed E-state index contributed by atoms with van der Waals surface area (Å²) >= 11 is 3.59. The van der Waals surface area contributed by atoms with E-state index in [2.05, 4.69) is 15.9 Å². The number of benzene rings is 3. The summed E-state index contributed by atoms with van der Waals surface area (Å²) in [5, 5.41) is 10.7. The molecule has 0 heterocycles. The SMILES string of the molecule is O=[N+]([O-])c1ccc(CCc2cc(OCc3ccccc3)ccc2Br)cc1. The molecule has 0 saturated heterocycles. The fraction of sp³-hybridized carbons (Fsp3) is 0.143. The zero-order valence-corrected chi connectivity index (χ0v) is 15.7. The van der Waals surface area contributed by atoms with Gasteiger partial charge in [-0.1, -0.05) is 58.4 Å². The Morgan fingerprint density at radius 2 is 1.62 bits per heavy atom. The average molecular weight is 412 g/mol. The summed E-state index contributed by atoms with van der Waals surface area (Å²) < 4.78 is 6.92. The molecule has 5 heteroatoms.